The summed E-state index contributed by atoms with van der Waals surface area (Å²) in [5.74, 6) is 0.803. The molecule has 1 atom stereocenters. The molecule has 0 amide bonds. The van der Waals surface area contributed by atoms with Crippen LogP contribution in [0.15, 0.2) is 30.3 Å². The summed E-state index contributed by atoms with van der Waals surface area (Å²) in [5.41, 5.74) is 0. The molecule has 0 unspecified atom stereocenters. The van der Waals surface area contributed by atoms with Gasteiger partial charge in [0.1, 0.15) is 18.5 Å². The second-order valence-electron chi connectivity index (χ2n) is 2.83. The third-order valence-corrected chi connectivity index (χ3v) is 2.21. The summed E-state index contributed by atoms with van der Waals surface area (Å²) < 4.78 is 20.6. The lowest BCUT2D eigenvalue weighted by Crippen LogP contribution is -2.17. The smallest absolute Gasteiger partial charge is 0.327 e. The Balaban J connectivity index is 2.35. The number of benzene rings is 1. The predicted octanol–water partition coefficient (Wildman–Crippen LogP) is 3.07. The van der Waals surface area contributed by atoms with Crippen molar-refractivity contribution in [2.45, 2.75) is 19.4 Å². The summed E-state index contributed by atoms with van der Waals surface area (Å²) >= 11 is 0. The van der Waals surface area contributed by atoms with Crippen LogP contribution in [0.3, 0.4) is 0 Å². The van der Waals surface area contributed by atoms with Crippen LogP contribution >= 0.6 is 8.69 Å². The summed E-state index contributed by atoms with van der Waals surface area (Å²) in [6.07, 6.45) is 0.664. The van der Waals surface area contributed by atoms with Gasteiger partial charge in [-0.3, -0.25) is 4.52 Å². The summed E-state index contributed by atoms with van der Waals surface area (Å²) in [6, 6.07) is 9.49. The molecule has 3 nitrogen and oxygen atoms in total. The average molecular weight is 212 g/mol. The molecule has 1 rings (SSSR count). The van der Waals surface area contributed by atoms with Crippen molar-refractivity contribution in [3.63, 3.8) is 0 Å². The number of hydrogen-bond acceptors (Lipinski definition) is 3. The number of rotatable bonds is 6. The molecule has 0 spiro atoms. The van der Waals surface area contributed by atoms with Gasteiger partial charge in [-0.25, -0.2) is 4.57 Å². The predicted molar refractivity (Wildman–Crippen MR) is 54.7 cm³/mol. The highest BCUT2D eigenvalue weighted by Gasteiger charge is 2.07. The maximum absolute atomic E-state index is 10.2. The minimum Gasteiger partial charge on any atom is -0.491 e. The Morgan fingerprint density at radius 2 is 2.07 bits per heavy atom. The Labute approximate surface area is 85.3 Å². The second-order valence-corrected chi connectivity index (χ2v) is 3.19. The molecular weight excluding hydrogens is 199 g/mol. The third kappa shape index (κ3) is 3.86. The Bertz CT molecular complexity index is 263. The quantitative estimate of drug-likeness (QED) is 0.680. The highest BCUT2D eigenvalue weighted by atomic mass is 31.1. The van der Waals surface area contributed by atoms with E-state index in [0.29, 0.717) is 6.61 Å². The number of ether oxygens (including phenoxy) is 1. The molecule has 0 saturated heterocycles. The minimum atomic E-state index is -0.289. The van der Waals surface area contributed by atoms with Gasteiger partial charge in [-0.15, -0.1) is 0 Å². The van der Waals surface area contributed by atoms with E-state index in [1.807, 2.05) is 37.3 Å². The van der Waals surface area contributed by atoms with Crippen LogP contribution < -0.4 is 4.74 Å². The van der Waals surface area contributed by atoms with Crippen LogP contribution in [0, 0.1) is 0 Å². The van der Waals surface area contributed by atoms with Gasteiger partial charge in [0.05, 0.1) is 0 Å². The van der Waals surface area contributed by atoms with Gasteiger partial charge in [0.15, 0.2) is 0 Å². The molecule has 0 heterocycles. The highest BCUT2D eigenvalue weighted by Crippen LogP contribution is 2.12. The molecule has 1 aromatic rings. The highest BCUT2D eigenvalue weighted by molar-refractivity contribution is 7.17. The molecule has 0 saturated carbocycles. The van der Waals surface area contributed by atoms with E-state index in [0.717, 1.165) is 12.2 Å². The Hall–Kier alpha value is -0.920. The molecule has 14 heavy (non-hydrogen) atoms. The SMILES string of the molecule is CC[C@H](COc1ccccc1)OP=O. The van der Waals surface area contributed by atoms with Crippen molar-refractivity contribution in [2.75, 3.05) is 6.61 Å². The van der Waals surface area contributed by atoms with Crippen molar-refractivity contribution >= 4 is 8.69 Å². The molecule has 76 valence electrons. The van der Waals surface area contributed by atoms with Gasteiger partial charge in [0, 0.05) is 0 Å². The second kappa shape index (κ2) is 6.52. The fourth-order valence-electron chi connectivity index (χ4n) is 0.990. The molecule has 0 aromatic heterocycles. The van der Waals surface area contributed by atoms with E-state index >= 15 is 0 Å². The van der Waals surface area contributed by atoms with Crippen LogP contribution in [-0.2, 0) is 9.09 Å². The first kappa shape index (κ1) is 11.2. The molecule has 1 aromatic carbocycles. The number of hydrogen-bond donors (Lipinski definition) is 0. The van der Waals surface area contributed by atoms with Crippen molar-refractivity contribution in [2.24, 2.45) is 0 Å². The van der Waals surface area contributed by atoms with Gasteiger partial charge in [0.2, 0.25) is 0 Å². The lowest BCUT2D eigenvalue weighted by atomic mass is 10.3. The molecular formula is C10H13O3P. The summed E-state index contributed by atoms with van der Waals surface area (Å²) in [4.78, 5) is 0. The van der Waals surface area contributed by atoms with Gasteiger partial charge in [0.25, 0.3) is 0 Å². The van der Waals surface area contributed by atoms with Gasteiger partial charge >= 0.3 is 8.69 Å². The maximum atomic E-state index is 10.2. The first-order chi connectivity index (χ1) is 6.86. The fraction of sp³-hybridized carbons (Fsp3) is 0.400. The van der Waals surface area contributed by atoms with Crippen LogP contribution in [-0.4, -0.2) is 12.7 Å². The Morgan fingerprint density at radius 1 is 1.36 bits per heavy atom. The molecule has 0 aliphatic heterocycles. The van der Waals surface area contributed by atoms with Crippen LogP contribution in [0.1, 0.15) is 13.3 Å². The summed E-state index contributed by atoms with van der Waals surface area (Å²) in [5, 5.41) is 0. The van der Waals surface area contributed by atoms with Crippen molar-refractivity contribution in [1.82, 2.24) is 0 Å². The van der Waals surface area contributed by atoms with E-state index in [1.165, 1.54) is 0 Å². The van der Waals surface area contributed by atoms with Crippen LogP contribution in [0.5, 0.6) is 5.75 Å². The molecule has 0 fully saturated rings. The zero-order valence-corrected chi connectivity index (χ0v) is 8.94. The normalized spacial score (nSPS) is 12.6. The largest absolute Gasteiger partial charge is 0.491 e. The van der Waals surface area contributed by atoms with Crippen LogP contribution in [0.25, 0.3) is 0 Å². The van der Waals surface area contributed by atoms with Gasteiger partial charge in [-0.2, -0.15) is 0 Å². The Kier molecular flexibility index (Phi) is 5.20. The van der Waals surface area contributed by atoms with E-state index in [-0.39, 0.29) is 14.8 Å². The van der Waals surface area contributed by atoms with Crippen LogP contribution in [0.2, 0.25) is 0 Å². The van der Waals surface area contributed by atoms with Crippen molar-refractivity contribution < 1.29 is 13.8 Å². The van der Waals surface area contributed by atoms with Crippen LogP contribution in [0.4, 0.5) is 0 Å². The molecule has 0 bridgehead atoms. The molecule has 0 aliphatic carbocycles. The standard InChI is InChI=1S/C10H13O3P/c1-2-9(13-14-11)8-12-10-6-4-3-5-7-10/h3-7,9H,2,8H2,1H3/t9-/m1/s1. The minimum absolute atomic E-state index is 0.116. The lowest BCUT2D eigenvalue weighted by Gasteiger charge is -2.12. The molecule has 4 heteroatoms. The topological polar surface area (TPSA) is 35.5 Å². The zero-order chi connectivity index (χ0) is 10.2. The van der Waals surface area contributed by atoms with Crippen molar-refractivity contribution in [3.8, 4) is 5.75 Å². The molecule has 0 radical (unpaired) electrons. The summed E-state index contributed by atoms with van der Waals surface area (Å²) in [6.45, 7) is 2.39. The lowest BCUT2D eigenvalue weighted by molar-refractivity contribution is 0.138. The third-order valence-electron chi connectivity index (χ3n) is 1.83. The van der Waals surface area contributed by atoms with E-state index in [2.05, 4.69) is 0 Å². The van der Waals surface area contributed by atoms with Crippen molar-refractivity contribution in [3.05, 3.63) is 30.3 Å². The maximum Gasteiger partial charge on any atom is 0.327 e. The van der Waals surface area contributed by atoms with E-state index in [4.69, 9.17) is 9.26 Å². The van der Waals surface area contributed by atoms with E-state index < -0.39 is 0 Å². The van der Waals surface area contributed by atoms with Crippen molar-refractivity contribution in [1.29, 1.82) is 0 Å². The van der Waals surface area contributed by atoms with E-state index in [1.54, 1.807) is 0 Å². The molecule has 0 aliphatic rings. The van der Waals surface area contributed by atoms with Gasteiger partial charge in [-0.1, -0.05) is 25.1 Å². The van der Waals surface area contributed by atoms with E-state index in [9.17, 15) is 4.57 Å². The zero-order valence-electron chi connectivity index (χ0n) is 8.05. The molecule has 0 N–H and O–H groups in total. The summed E-state index contributed by atoms with van der Waals surface area (Å²) in [7, 11) is -0.289. The average Bonchev–Trinajstić information content (AvgIpc) is 2.25. The Morgan fingerprint density at radius 3 is 2.64 bits per heavy atom. The van der Waals surface area contributed by atoms with Gasteiger partial charge < -0.3 is 4.74 Å². The van der Waals surface area contributed by atoms with Gasteiger partial charge in [-0.05, 0) is 18.6 Å². The fourth-order valence-corrected chi connectivity index (χ4v) is 1.32. The monoisotopic (exact) mass is 212 g/mol. The first-order valence-corrected chi connectivity index (χ1v) is 5.26. The first-order valence-electron chi connectivity index (χ1n) is 4.53. The number of para-hydroxylation sites is 1.